The summed E-state index contributed by atoms with van der Waals surface area (Å²) in [5.74, 6) is 0.0886. The molecule has 42 heavy (non-hydrogen) atoms. The van der Waals surface area contributed by atoms with E-state index in [1.165, 1.54) is 6.07 Å². The van der Waals surface area contributed by atoms with Gasteiger partial charge in [0.2, 0.25) is 0 Å². The zero-order valence-electron chi connectivity index (χ0n) is 22.8. The highest BCUT2D eigenvalue weighted by molar-refractivity contribution is 9.10. The second kappa shape index (κ2) is 12.4. The average molecular weight is 691 g/mol. The smallest absolute Gasteiger partial charge is 0.258 e. The molecule has 0 spiro atoms. The maximum atomic E-state index is 14.0. The molecule has 0 saturated heterocycles. The standard InChI is InChI=1S/C30H29BrClN3O5S2/c1-30(2)27(36)26(34-42(38,39)25-18-23(31)28(32)41-25)22-17-19(13-14-24(22)40-30)29(37)35(21-11-7-4-8-12-21)16-15-33-20-9-5-3-6-10-20/h3-14,17-18,26-27,33-34,36H,15-16H2,1-2H3/t26?,27-/m0/s1. The first-order valence-electron chi connectivity index (χ1n) is 13.1. The molecule has 0 fully saturated rings. The monoisotopic (exact) mass is 689 g/mol. The molecule has 1 aliphatic heterocycles. The number of aliphatic hydroxyl groups is 1. The van der Waals surface area contributed by atoms with Crippen molar-refractivity contribution in [2.75, 3.05) is 23.3 Å². The fourth-order valence-corrected chi connectivity index (χ4v) is 8.26. The number of halogens is 2. The Morgan fingerprint density at radius 3 is 2.38 bits per heavy atom. The summed E-state index contributed by atoms with van der Waals surface area (Å²) < 4.78 is 36.2. The number of anilines is 2. The van der Waals surface area contributed by atoms with Crippen LogP contribution in [-0.2, 0) is 10.0 Å². The molecule has 1 unspecified atom stereocenters. The van der Waals surface area contributed by atoms with Crippen molar-refractivity contribution in [1.82, 2.24) is 4.72 Å². The number of carbonyl (C=O) groups is 1. The van der Waals surface area contributed by atoms with Crippen LogP contribution in [-0.4, -0.2) is 44.2 Å². The van der Waals surface area contributed by atoms with Crippen molar-refractivity contribution in [3.05, 3.63) is 105 Å². The lowest BCUT2D eigenvalue weighted by Crippen LogP contribution is -2.53. The summed E-state index contributed by atoms with van der Waals surface area (Å²) in [6, 6.07) is 24.2. The lowest BCUT2D eigenvalue weighted by Gasteiger charge is -2.42. The molecule has 0 bridgehead atoms. The molecule has 5 rings (SSSR count). The molecule has 0 aliphatic carbocycles. The van der Waals surface area contributed by atoms with Crippen molar-refractivity contribution < 1.29 is 23.1 Å². The third-order valence-electron chi connectivity index (χ3n) is 6.91. The van der Waals surface area contributed by atoms with Crippen molar-refractivity contribution in [2.45, 2.75) is 35.8 Å². The molecular formula is C30H29BrClN3O5S2. The number of nitrogens with one attached hydrogen (secondary N) is 2. The van der Waals surface area contributed by atoms with Gasteiger partial charge >= 0.3 is 0 Å². The molecule has 3 N–H and O–H groups in total. The number of ether oxygens (including phenoxy) is 1. The Morgan fingerprint density at radius 2 is 1.74 bits per heavy atom. The van der Waals surface area contributed by atoms with Crippen LogP contribution in [0.15, 0.2) is 93.6 Å². The van der Waals surface area contributed by atoms with Gasteiger partial charge < -0.3 is 20.1 Å². The van der Waals surface area contributed by atoms with Gasteiger partial charge in [-0.3, -0.25) is 4.79 Å². The zero-order valence-corrected chi connectivity index (χ0v) is 26.7. The summed E-state index contributed by atoms with van der Waals surface area (Å²) in [4.78, 5) is 15.6. The number of benzene rings is 3. The van der Waals surface area contributed by atoms with Crippen molar-refractivity contribution in [3.63, 3.8) is 0 Å². The highest BCUT2D eigenvalue weighted by Gasteiger charge is 2.45. The fraction of sp³-hybridized carbons (Fsp3) is 0.233. The number of hydrogen-bond acceptors (Lipinski definition) is 7. The van der Waals surface area contributed by atoms with Gasteiger partial charge in [0.25, 0.3) is 15.9 Å². The molecule has 12 heteroatoms. The second-order valence-corrected chi connectivity index (χ2v) is 14.7. The molecule has 3 aromatic carbocycles. The van der Waals surface area contributed by atoms with Crippen LogP contribution in [0.3, 0.4) is 0 Å². The highest BCUT2D eigenvalue weighted by Crippen LogP contribution is 2.42. The summed E-state index contributed by atoms with van der Waals surface area (Å²) in [5.41, 5.74) is 1.21. The van der Waals surface area contributed by atoms with E-state index in [1.54, 1.807) is 36.9 Å². The van der Waals surface area contributed by atoms with Crippen LogP contribution >= 0.6 is 38.9 Å². The minimum atomic E-state index is -4.08. The lowest BCUT2D eigenvalue weighted by molar-refractivity contribution is -0.0603. The average Bonchev–Trinajstić information content (AvgIpc) is 3.32. The van der Waals surface area contributed by atoms with Crippen LogP contribution in [0.2, 0.25) is 4.34 Å². The Balaban J connectivity index is 1.47. The third kappa shape index (κ3) is 6.51. The van der Waals surface area contributed by atoms with E-state index in [-0.39, 0.29) is 10.1 Å². The SMILES string of the molecule is CC1(C)Oc2ccc(C(=O)N(CCNc3ccccc3)c3ccccc3)cc2C(NS(=O)(=O)c2cc(Br)c(Cl)s2)[C@@H]1O. The molecule has 0 saturated carbocycles. The molecule has 1 amide bonds. The van der Waals surface area contributed by atoms with Crippen molar-refractivity contribution in [1.29, 1.82) is 0 Å². The van der Waals surface area contributed by atoms with E-state index in [0.717, 1.165) is 17.0 Å². The number of thiophene rings is 1. The summed E-state index contributed by atoms with van der Waals surface area (Å²) in [6.45, 7) is 4.21. The quantitative estimate of drug-likeness (QED) is 0.186. The van der Waals surface area contributed by atoms with E-state index in [0.29, 0.717) is 44.5 Å². The van der Waals surface area contributed by atoms with E-state index in [1.807, 2.05) is 60.7 Å². The van der Waals surface area contributed by atoms with E-state index >= 15 is 0 Å². The maximum Gasteiger partial charge on any atom is 0.258 e. The maximum absolute atomic E-state index is 14.0. The zero-order chi connectivity index (χ0) is 30.1. The number of carbonyl (C=O) groups excluding carboxylic acids is 1. The number of rotatable bonds is 9. The molecule has 1 aliphatic rings. The number of para-hydroxylation sites is 2. The van der Waals surface area contributed by atoms with Crippen LogP contribution in [0.1, 0.15) is 35.8 Å². The highest BCUT2D eigenvalue weighted by atomic mass is 79.9. The molecule has 0 radical (unpaired) electrons. The molecule has 4 aromatic rings. The Labute approximate surface area is 262 Å². The summed E-state index contributed by atoms with van der Waals surface area (Å²) in [5, 5.41) is 14.6. The molecule has 1 aromatic heterocycles. The first kappa shape index (κ1) is 30.5. The van der Waals surface area contributed by atoms with Gasteiger partial charge in [-0.05, 0) is 78.3 Å². The van der Waals surface area contributed by atoms with Crippen molar-refractivity contribution >= 4 is 66.2 Å². The summed E-state index contributed by atoms with van der Waals surface area (Å²) in [7, 11) is -4.08. The molecular weight excluding hydrogens is 662 g/mol. The van der Waals surface area contributed by atoms with Crippen LogP contribution in [0, 0.1) is 0 Å². The Morgan fingerprint density at radius 1 is 1.07 bits per heavy atom. The number of fused-ring (bicyclic) bond motifs is 1. The van der Waals surface area contributed by atoms with Gasteiger partial charge in [-0.2, -0.15) is 0 Å². The predicted molar refractivity (Wildman–Crippen MR) is 170 cm³/mol. The number of hydrogen-bond donors (Lipinski definition) is 3. The minimum absolute atomic E-state index is 0.00850. The first-order chi connectivity index (χ1) is 20.0. The molecule has 2 heterocycles. The van der Waals surface area contributed by atoms with E-state index < -0.39 is 27.8 Å². The Kier molecular flexibility index (Phi) is 8.98. The molecule has 8 nitrogen and oxygen atoms in total. The van der Waals surface area contributed by atoms with Gasteiger partial charge in [-0.1, -0.05) is 48.0 Å². The Hall–Kier alpha value is -2.93. The minimum Gasteiger partial charge on any atom is -0.485 e. The van der Waals surface area contributed by atoms with Gasteiger partial charge in [0.15, 0.2) is 0 Å². The number of amides is 1. The van der Waals surface area contributed by atoms with Gasteiger partial charge in [-0.25, -0.2) is 13.1 Å². The molecule has 220 valence electrons. The number of nitrogens with zero attached hydrogens (tertiary/aromatic N) is 1. The Bertz CT molecular complexity index is 1660. The largest absolute Gasteiger partial charge is 0.485 e. The van der Waals surface area contributed by atoms with Crippen LogP contribution in [0.25, 0.3) is 0 Å². The van der Waals surface area contributed by atoms with Crippen molar-refractivity contribution in [2.24, 2.45) is 0 Å². The van der Waals surface area contributed by atoms with E-state index in [2.05, 4.69) is 26.0 Å². The third-order valence-corrected chi connectivity index (χ3v) is 11.3. The summed E-state index contributed by atoms with van der Waals surface area (Å²) in [6.07, 6.45) is -1.26. The van der Waals surface area contributed by atoms with Crippen LogP contribution in [0.5, 0.6) is 5.75 Å². The fourth-order valence-electron chi connectivity index (χ4n) is 4.72. The number of sulfonamides is 1. The topological polar surface area (TPSA) is 108 Å². The van der Waals surface area contributed by atoms with Crippen LogP contribution < -0.4 is 19.7 Å². The van der Waals surface area contributed by atoms with Gasteiger partial charge in [-0.15, -0.1) is 11.3 Å². The second-order valence-electron chi connectivity index (χ2n) is 10.3. The van der Waals surface area contributed by atoms with Gasteiger partial charge in [0.1, 0.15) is 26.0 Å². The van der Waals surface area contributed by atoms with E-state index in [4.69, 9.17) is 16.3 Å². The predicted octanol–water partition coefficient (Wildman–Crippen LogP) is 6.47. The first-order valence-corrected chi connectivity index (χ1v) is 16.6. The van der Waals surface area contributed by atoms with Crippen molar-refractivity contribution in [3.8, 4) is 5.75 Å². The van der Waals surface area contributed by atoms with E-state index in [9.17, 15) is 18.3 Å². The number of aliphatic hydroxyl groups excluding tert-OH is 1. The van der Waals surface area contributed by atoms with Gasteiger partial charge in [0.05, 0.1) is 6.04 Å². The molecule has 2 atom stereocenters. The normalized spacial score (nSPS) is 17.6. The van der Waals surface area contributed by atoms with Crippen LogP contribution in [0.4, 0.5) is 11.4 Å². The lowest BCUT2D eigenvalue weighted by atomic mass is 9.86. The summed E-state index contributed by atoms with van der Waals surface area (Å²) >= 11 is 10.2. The van der Waals surface area contributed by atoms with Gasteiger partial charge in [0, 0.05) is 40.1 Å².